The van der Waals surface area contributed by atoms with Gasteiger partial charge >= 0.3 is 5.97 Å². The highest BCUT2D eigenvalue weighted by Crippen LogP contribution is 2.35. The molecule has 1 aromatic carbocycles. The fraction of sp³-hybridized carbons (Fsp3) is 0.312. The van der Waals surface area contributed by atoms with E-state index in [0.29, 0.717) is 5.56 Å². The second kappa shape index (κ2) is 6.23. The lowest BCUT2D eigenvalue weighted by Crippen LogP contribution is -2.40. The third kappa shape index (κ3) is 3.49. The van der Waals surface area contributed by atoms with Crippen LogP contribution in [0, 0.1) is 5.82 Å². The highest BCUT2D eigenvalue weighted by atomic mass is 19.3. The Labute approximate surface area is 141 Å². The minimum Gasteiger partial charge on any atom is -0.476 e. The molecule has 0 unspecified atom stereocenters. The third-order valence-corrected chi connectivity index (χ3v) is 4.02. The molecule has 2 heterocycles. The Morgan fingerprint density at radius 3 is 2.32 bits per heavy atom. The highest BCUT2D eigenvalue weighted by Gasteiger charge is 2.35. The Bertz CT molecular complexity index is 802. The van der Waals surface area contributed by atoms with Crippen molar-refractivity contribution in [2.45, 2.75) is 18.8 Å². The van der Waals surface area contributed by atoms with Crippen molar-refractivity contribution >= 4 is 17.6 Å². The van der Waals surface area contributed by atoms with Crippen molar-refractivity contribution in [3.63, 3.8) is 0 Å². The lowest BCUT2D eigenvalue weighted by molar-refractivity contribution is -0.0221. The minimum absolute atomic E-state index is 0.0295. The molecule has 1 fully saturated rings. The van der Waals surface area contributed by atoms with Gasteiger partial charge < -0.3 is 15.7 Å². The SMILES string of the molecule is Nc1nc(N2CCC(F)(F)CC2)c(-c2ccc(F)cc2)nc1C(=O)O. The molecule has 0 aliphatic carbocycles. The largest absolute Gasteiger partial charge is 0.476 e. The molecular weight excluding hydrogens is 337 g/mol. The van der Waals surface area contributed by atoms with Crippen LogP contribution in [0.15, 0.2) is 24.3 Å². The molecule has 0 saturated carbocycles. The molecule has 9 heteroatoms. The van der Waals surface area contributed by atoms with Crippen molar-refractivity contribution in [3.8, 4) is 11.3 Å². The summed E-state index contributed by atoms with van der Waals surface area (Å²) in [6.45, 7) is 0.0590. The van der Waals surface area contributed by atoms with Gasteiger partial charge in [0.1, 0.15) is 11.5 Å². The number of carbonyl (C=O) groups is 1. The maximum Gasteiger partial charge on any atom is 0.358 e. The Morgan fingerprint density at radius 2 is 1.76 bits per heavy atom. The van der Waals surface area contributed by atoms with E-state index in [1.165, 1.54) is 24.3 Å². The number of benzene rings is 1. The van der Waals surface area contributed by atoms with Crippen LogP contribution in [0.1, 0.15) is 23.3 Å². The van der Waals surface area contributed by atoms with Gasteiger partial charge in [0.2, 0.25) is 0 Å². The van der Waals surface area contributed by atoms with Crippen LogP contribution in [-0.2, 0) is 0 Å². The van der Waals surface area contributed by atoms with Crippen LogP contribution in [0.2, 0.25) is 0 Å². The molecule has 0 spiro atoms. The number of anilines is 2. The Hall–Kier alpha value is -2.84. The Kier molecular flexibility index (Phi) is 4.23. The molecule has 1 saturated heterocycles. The van der Waals surface area contributed by atoms with E-state index in [4.69, 9.17) is 5.73 Å². The number of aromatic nitrogens is 2. The monoisotopic (exact) mass is 352 g/mol. The predicted octanol–water partition coefficient (Wildman–Crippen LogP) is 2.80. The number of rotatable bonds is 3. The van der Waals surface area contributed by atoms with Gasteiger partial charge in [0, 0.05) is 31.5 Å². The van der Waals surface area contributed by atoms with Crippen LogP contribution in [0.3, 0.4) is 0 Å². The maximum absolute atomic E-state index is 13.4. The Balaban J connectivity index is 2.08. The van der Waals surface area contributed by atoms with E-state index in [0.717, 1.165) is 0 Å². The van der Waals surface area contributed by atoms with Gasteiger partial charge in [-0.15, -0.1) is 0 Å². The van der Waals surface area contributed by atoms with Crippen LogP contribution in [0.5, 0.6) is 0 Å². The molecule has 0 atom stereocenters. The lowest BCUT2D eigenvalue weighted by atomic mass is 10.1. The molecule has 132 valence electrons. The highest BCUT2D eigenvalue weighted by molar-refractivity contribution is 5.92. The number of carboxylic acid groups (broad SMARTS) is 1. The summed E-state index contributed by atoms with van der Waals surface area (Å²) in [5.41, 5.74) is 5.81. The van der Waals surface area contributed by atoms with Crippen LogP contribution in [0.4, 0.5) is 24.8 Å². The molecular formula is C16H15F3N4O2. The van der Waals surface area contributed by atoms with Crippen molar-refractivity contribution in [1.29, 1.82) is 0 Å². The fourth-order valence-corrected chi connectivity index (χ4v) is 2.66. The zero-order valence-electron chi connectivity index (χ0n) is 13.0. The first-order chi connectivity index (χ1) is 11.8. The van der Waals surface area contributed by atoms with Crippen molar-refractivity contribution in [1.82, 2.24) is 9.97 Å². The zero-order chi connectivity index (χ0) is 18.2. The second-order valence-electron chi connectivity index (χ2n) is 5.78. The van der Waals surface area contributed by atoms with Crippen molar-refractivity contribution < 1.29 is 23.1 Å². The standard InChI is InChI=1S/C16H15F3N4O2/c17-10-3-1-9(2-4-10)11-14(22-13(20)12(21-11)15(24)25)23-7-5-16(18,19)6-8-23/h1-4H,5-8H2,(H2,20,22)(H,24,25). The van der Waals surface area contributed by atoms with E-state index in [9.17, 15) is 23.1 Å². The van der Waals surface area contributed by atoms with E-state index in [2.05, 4.69) is 9.97 Å². The van der Waals surface area contributed by atoms with Crippen LogP contribution >= 0.6 is 0 Å². The zero-order valence-corrected chi connectivity index (χ0v) is 13.0. The summed E-state index contributed by atoms with van der Waals surface area (Å²) in [6.07, 6.45) is -0.698. The summed E-state index contributed by atoms with van der Waals surface area (Å²) in [6, 6.07) is 5.23. The number of carboxylic acids is 1. The summed E-state index contributed by atoms with van der Waals surface area (Å²) in [4.78, 5) is 21.0. The van der Waals surface area contributed by atoms with Crippen molar-refractivity contribution in [2.75, 3.05) is 23.7 Å². The van der Waals surface area contributed by atoms with E-state index in [1.807, 2.05) is 0 Å². The average molecular weight is 352 g/mol. The van der Waals surface area contributed by atoms with Gasteiger partial charge in [0.05, 0.1) is 0 Å². The lowest BCUT2D eigenvalue weighted by Gasteiger charge is -2.33. The number of aromatic carboxylic acids is 1. The number of halogens is 3. The molecule has 0 radical (unpaired) electrons. The molecule has 6 nitrogen and oxygen atoms in total. The average Bonchev–Trinajstić information content (AvgIpc) is 2.55. The number of nitrogen functional groups attached to an aromatic ring is 1. The summed E-state index contributed by atoms with van der Waals surface area (Å²) in [5, 5.41) is 9.20. The van der Waals surface area contributed by atoms with Gasteiger partial charge in [-0.1, -0.05) is 0 Å². The van der Waals surface area contributed by atoms with E-state index < -0.39 is 23.4 Å². The van der Waals surface area contributed by atoms with Gasteiger partial charge in [-0.2, -0.15) is 0 Å². The molecule has 25 heavy (non-hydrogen) atoms. The number of hydrogen-bond donors (Lipinski definition) is 2. The first kappa shape index (κ1) is 17.0. The quantitative estimate of drug-likeness (QED) is 0.882. The van der Waals surface area contributed by atoms with Crippen molar-refractivity contribution in [3.05, 3.63) is 35.8 Å². The van der Waals surface area contributed by atoms with Gasteiger partial charge in [-0.25, -0.2) is 27.9 Å². The number of nitrogens with two attached hydrogens (primary N) is 1. The maximum atomic E-state index is 13.4. The molecule has 1 aliphatic heterocycles. The van der Waals surface area contributed by atoms with E-state index in [1.54, 1.807) is 4.90 Å². The topological polar surface area (TPSA) is 92.3 Å². The predicted molar refractivity (Wildman–Crippen MR) is 85.2 cm³/mol. The summed E-state index contributed by atoms with van der Waals surface area (Å²) in [7, 11) is 0. The van der Waals surface area contributed by atoms with Crippen LogP contribution in [-0.4, -0.2) is 40.1 Å². The third-order valence-electron chi connectivity index (χ3n) is 4.02. The van der Waals surface area contributed by atoms with Crippen LogP contribution < -0.4 is 10.6 Å². The summed E-state index contributed by atoms with van der Waals surface area (Å²) >= 11 is 0. The molecule has 0 bridgehead atoms. The summed E-state index contributed by atoms with van der Waals surface area (Å²) in [5.74, 6) is -4.66. The second-order valence-corrected chi connectivity index (χ2v) is 5.78. The molecule has 1 aromatic heterocycles. The number of nitrogens with zero attached hydrogens (tertiary/aromatic N) is 3. The van der Waals surface area contributed by atoms with Crippen LogP contribution in [0.25, 0.3) is 11.3 Å². The summed E-state index contributed by atoms with van der Waals surface area (Å²) < 4.78 is 40.0. The molecule has 2 aromatic rings. The van der Waals surface area contributed by atoms with E-state index in [-0.39, 0.29) is 43.3 Å². The molecule has 0 amide bonds. The first-order valence-electron chi connectivity index (χ1n) is 7.56. The minimum atomic E-state index is -2.74. The van der Waals surface area contributed by atoms with Gasteiger partial charge in [0.15, 0.2) is 17.3 Å². The number of piperidine rings is 1. The number of alkyl halides is 2. The molecule has 3 rings (SSSR count). The molecule has 3 N–H and O–H groups in total. The van der Waals surface area contributed by atoms with Crippen molar-refractivity contribution in [2.24, 2.45) is 0 Å². The fourth-order valence-electron chi connectivity index (χ4n) is 2.66. The van der Waals surface area contributed by atoms with Gasteiger partial charge in [-0.05, 0) is 24.3 Å². The van der Waals surface area contributed by atoms with E-state index >= 15 is 0 Å². The smallest absolute Gasteiger partial charge is 0.358 e. The number of hydrogen-bond acceptors (Lipinski definition) is 5. The van der Waals surface area contributed by atoms with Gasteiger partial charge in [-0.3, -0.25) is 0 Å². The normalized spacial score (nSPS) is 16.7. The Morgan fingerprint density at radius 1 is 1.16 bits per heavy atom. The molecule has 1 aliphatic rings. The first-order valence-corrected chi connectivity index (χ1v) is 7.56. The van der Waals surface area contributed by atoms with Gasteiger partial charge in [0.25, 0.3) is 5.92 Å².